The zero-order chi connectivity index (χ0) is 11.7. The van der Waals surface area contributed by atoms with E-state index in [0.717, 1.165) is 10.4 Å². The molecule has 0 saturated carbocycles. The number of aromatic carboxylic acids is 1. The van der Waals surface area contributed by atoms with Crippen LogP contribution in [0.25, 0.3) is 11.4 Å². The number of hydrogen-bond acceptors (Lipinski definition) is 4. The van der Waals surface area contributed by atoms with Crippen LogP contribution in [0.5, 0.6) is 0 Å². The minimum absolute atomic E-state index is 0.0983. The van der Waals surface area contributed by atoms with Crippen LogP contribution in [0.15, 0.2) is 17.5 Å². The molecule has 2 rings (SSSR count). The molecule has 0 aliphatic rings. The summed E-state index contributed by atoms with van der Waals surface area (Å²) in [5.74, 6) is -0.772. The Bertz CT molecular complexity index is 554. The van der Waals surface area contributed by atoms with E-state index in [2.05, 4.69) is 9.97 Å². The van der Waals surface area contributed by atoms with E-state index in [9.17, 15) is 4.79 Å². The normalized spacial score (nSPS) is 10.4. The number of hydrogen-bond donors (Lipinski definition) is 1. The quantitative estimate of drug-likeness (QED) is 0.837. The minimum Gasteiger partial charge on any atom is -0.477 e. The molecule has 1 N–H and O–H groups in total. The number of carboxylic acid groups (broad SMARTS) is 1. The molecule has 0 unspecified atom stereocenters. The van der Waals surface area contributed by atoms with E-state index >= 15 is 0 Å². The summed E-state index contributed by atoms with van der Waals surface area (Å²) in [4.78, 5) is 19.8. The van der Waals surface area contributed by atoms with Crippen LogP contribution in [0.3, 0.4) is 0 Å². The molecule has 2 aromatic heterocycles. The molecule has 0 amide bonds. The molecule has 0 saturated heterocycles. The molecule has 0 aliphatic heterocycles. The topological polar surface area (TPSA) is 63.1 Å². The lowest BCUT2D eigenvalue weighted by Gasteiger charge is -1.99. The van der Waals surface area contributed by atoms with Crippen LogP contribution in [0.1, 0.15) is 15.4 Å². The highest BCUT2D eigenvalue weighted by Crippen LogP contribution is 2.23. The lowest BCUT2D eigenvalue weighted by molar-refractivity contribution is 0.0690. The number of carbonyl (C=O) groups is 1. The summed E-state index contributed by atoms with van der Waals surface area (Å²) in [5, 5.41) is 10.8. The molecule has 4 nitrogen and oxygen atoms in total. The van der Waals surface area contributed by atoms with Gasteiger partial charge in [-0.25, -0.2) is 14.8 Å². The predicted octanol–water partition coefficient (Wildman–Crippen LogP) is 2.87. The first-order valence-electron chi connectivity index (χ1n) is 4.39. The van der Waals surface area contributed by atoms with Crippen molar-refractivity contribution < 1.29 is 9.90 Å². The molecule has 82 valence electrons. The van der Waals surface area contributed by atoms with Gasteiger partial charge in [0.05, 0.1) is 0 Å². The summed E-state index contributed by atoms with van der Waals surface area (Å²) in [6.45, 7) is 1.96. The molecule has 0 radical (unpaired) electrons. The Morgan fingerprint density at radius 2 is 2.19 bits per heavy atom. The number of aromatic nitrogens is 2. The number of aryl methyl sites for hydroxylation is 1. The highest BCUT2D eigenvalue weighted by molar-refractivity contribution is 7.10. The summed E-state index contributed by atoms with van der Waals surface area (Å²) in [5.41, 5.74) is 0.686. The van der Waals surface area contributed by atoms with Gasteiger partial charge in [0.2, 0.25) is 0 Å². The van der Waals surface area contributed by atoms with E-state index in [-0.39, 0.29) is 10.8 Å². The second-order valence-electron chi connectivity index (χ2n) is 3.15. The Hall–Kier alpha value is -1.46. The summed E-state index contributed by atoms with van der Waals surface area (Å²) in [6.07, 6.45) is 0. The molecule has 2 aromatic rings. The van der Waals surface area contributed by atoms with Crippen molar-refractivity contribution in [1.82, 2.24) is 9.97 Å². The molecule has 16 heavy (non-hydrogen) atoms. The van der Waals surface area contributed by atoms with Crippen molar-refractivity contribution in [3.8, 4) is 11.4 Å². The molecule has 0 fully saturated rings. The van der Waals surface area contributed by atoms with Gasteiger partial charge in [0.15, 0.2) is 11.5 Å². The molecule has 0 atom stereocenters. The Morgan fingerprint density at radius 3 is 2.75 bits per heavy atom. The van der Waals surface area contributed by atoms with E-state index in [0.29, 0.717) is 5.82 Å². The SMILES string of the molecule is Cc1cc(-c2nc(Cl)cc(C(=O)O)n2)cs1. The van der Waals surface area contributed by atoms with Crippen molar-refractivity contribution in [2.75, 3.05) is 0 Å². The van der Waals surface area contributed by atoms with Gasteiger partial charge in [0, 0.05) is 21.9 Å². The Morgan fingerprint density at radius 1 is 1.44 bits per heavy atom. The van der Waals surface area contributed by atoms with Gasteiger partial charge in [0.1, 0.15) is 5.15 Å². The standard InChI is InChI=1S/C10H7ClN2O2S/c1-5-2-6(4-16-5)9-12-7(10(14)15)3-8(11)13-9/h2-4H,1H3,(H,14,15). The molecule has 0 spiro atoms. The third-order valence-corrected chi connectivity index (χ3v) is 2.96. The fraction of sp³-hybridized carbons (Fsp3) is 0.100. The fourth-order valence-electron chi connectivity index (χ4n) is 1.22. The molecule has 0 bridgehead atoms. The lowest BCUT2D eigenvalue weighted by Crippen LogP contribution is -2.02. The second kappa shape index (κ2) is 4.19. The Balaban J connectivity index is 2.53. The van der Waals surface area contributed by atoms with Gasteiger partial charge in [0.25, 0.3) is 0 Å². The van der Waals surface area contributed by atoms with E-state index < -0.39 is 5.97 Å². The summed E-state index contributed by atoms with van der Waals surface area (Å²) >= 11 is 7.29. The van der Waals surface area contributed by atoms with Gasteiger partial charge in [-0.15, -0.1) is 11.3 Å². The summed E-state index contributed by atoms with van der Waals surface area (Å²) in [6, 6.07) is 3.12. The van der Waals surface area contributed by atoms with Crippen LogP contribution in [-0.4, -0.2) is 21.0 Å². The third-order valence-electron chi connectivity index (χ3n) is 1.90. The summed E-state index contributed by atoms with van der Waals surface area (Å²) < 4.78 is 0. The van der Waals surface area contributed by atoms with E-state index in [1.54, 1.807) is 11.3 Å². The van der Waals surface area contributed by atoms with Crippen molar-refractivity contribution in [1.29, 1.82) is 0 Å². The Kier molecular flexibility index (Phi) is 2.89. The van der Waals surface area contributed by atoms with Crippen molar-refractivity contribution in [3.63, 3.8) is 0 Å². The smallest absolute Gasteiger partial charge is 0.354 e. The van der Waals surface area contributed by atoms with Crippen LogP contribution in [0.2, 0.25) is 5.15 Å². The maximum atomic E-state index is 10.8. The number of thiophene rings is 1. The number of rotatable bonds is 2. The molecule has 0 aromatic carbocycles. The zero-order valence-corrected chi connectivity index (χ0v) is 9.84. The van der Waals surface area contributed by atoms with Crippen LogP contribution in [0.4, 0.5) is 0 Å². The molecular formula is C10H7ClN2O2S. The van der Waals surface area contributed by atoms with Crippen molar-refractivity contribution in [3.05, 3.63) is 33.2 Å². The van der Waals surface area contributed by atoms with E-state index in [4.69, 9.17) is 16.7 Å². The third kappa shape index (κ3) is 2.20. The van der Waals surface area contributed by atoms with E-state index in [1.807, 2.05) is 18.4 Å². The van der Waals surface area contributed by atoms with Crippen molar-refractivity contribution in [2.24, 2.45) is 0 Å². The second-order valence-corrected chi connectivity index (χ2v) is 4.65. The molecule has 2 heterocycles. The van der Waals surface area contributed by atoms with E-state index in [1.165, 1.54) is 6.07 Å². The van der Waals surface area contributed by atoms with Gasteiger partial charge < -0.3 is 5.11 Å². The maximum absolute atomic E-state index is 10.8. The Labute approximate surface area is 101 Å². The van der Waals surface area contributed by atoms with Crippen molar-refractivity contribution in [2.45, 2.75) is 6.92 Å². The van der Waals surface area contributed by atoms with Gasteiger partial charge >= 0.3 is 5.97 Å². The average Bonchev–Trinajstić information content (AvgIpc) is 2.64. The van der Waals surface area contributed by atoms with Gasteiger partial charge in [-0.05, 0) is 13.0 Å². The number of carboxylic acids is 1. The monoisotopic (exact) mass is 254 g/mol. The minimum atomic E-state index is -1.11. The molecule has 0 aliphatic carbocycles. The first-order chi connectivity index (χ1) is 7.56. The largest absolute Gasteiger partial charge is 0.477 e. The first kappa shape index (κ1) is 11.0. The maximum Gasteiger partial charge on any atom is 0.354 e. The highest BCUT2D eigenvalue weighted by atomic mass is 35.5. The average molecular weight is 255 g/mol. The van der Waals surface area contributed by atoms with Gasteiger partial charge in [-0.3, -0.25) is 0 Å². The van der Waals surface area contributed by atoms with Gasteiger partial charge in [-0.2, -0.15) is 0 Å². The van der Waals surface area contributed by atoms with Crippen LogP contribution >= 0.6 is 22.9 Å². The van der Waals surface area contributed by atoms with Crippen molar-refractivity contribution >= 4 is 28.9 Å². The van der Waals surface area contributed by atoms with Crippen LogP contribution < -0.4 is 0 Å². The van der Waals surface area contributed by atoms with Gasteiger partial charge in [-0.1, -0.05) is 11.6 Å². The van der Waals surface area contributed by atoms with Crippen LogP contribution in [-0.2, 0) is 0 Å². The number of halogens is 1. The number of nitrogens with zero attached hydrogens (tertiary/aromatic N) is 2. The molecular weight excluding hydrogens is 248 g/mol. The van der Waals surface area contributed by atoms with Crippen LogP contribution in [0, 0.1) is 6.92 Å². The summed E-state index contributed by atoms with van der Waals surface area (Å²) in [7, 11) is 0. The lowest BCUT2D eigenvalue weighted by atomic mass is 10.3. The molecule has 6 heteroatoms. The fourth-order valence-corrected chi connectivity index (χ4v) is 2.08. The first-order valence-corrected chi connectivity index (χ1v) is 5.65. The highest BCUT2D eigenvalue weighted by Gasteiger charge is 2.11. The zero-order valence-electron chi connectivity index (χ0n) is 8.27. The predicted molar refractivity (Wildman–Crippen MR) is 62.1 cm³/mol.